The lowest BCUT2D eigenvalue weighted by Gasteiger charge is -2.24. The second kappa shape index (κ2) is 7.00. The second-order valence-electron chi connectivity index (χ2n) is 7.02. The van der Waals surface area contributed by atoms with Gasteiger partial charge in [0.15, 0.2) is 0 Å². The molecular weight excluding hydrogens is 316 g/mol. The number of nitrogens with one attached hydrogen (secondary N) is 1. The van der Waals surface area contributed by atoms with Crippen molar-refractivity contribution in [3.05, 3.63) is 70.9 Å². The number of nitrogens with zero attached hydrogens (tertiary/aromatic N) is 1. The quantitative estimate of drug-likeness (QED) is 0.616. The van der Waals surface area contributed by atoms with Crippen LogP contribution in [0.4, 0.5) is 0 Å². The topological polar surface area (TPSA) is 17.0 Å². The molecule has 0 aliphatic heterocycles. The fourth-order valence-corrected chi connectivity index (χ4v) is 3.10. The predicted molar refractivity (Wildman–Crippen MR) is 104 cm³/mol. The number of halogens is 1. The predicted octanol–water partition coefficient (Wildman–Crippen LogP) is 5.62. The Balaban J connectivity index is 1.91. The Morgan fingerprint density at radius 2 is 1.88 bits per heavy atom. The van der Waals surface area contributed by atoms with Gasteiger partial charge in [-0.15, -0.1) is 0 Å². The summed E-state index contributed by atoms with van der Waals surface area (Å²) in [6, 6.07) is 16.7. The molecule has 0 aliphatic rings. The fourth-order valence-electron chi connectivity index (χ4n) is 2.89. The second-order valence-corrected chi connectivity index (χ2v) is 7.46. The first kappa shape index (κ1) is 17.1. The molecule has 1 N–H and O–H groups in total. The van der Waals surface area contributed by atoms with Crippen LogP contribution in [-0.2, 0) is 13.1 Å². The summed E-state index contributed by atoms with van der Waals surface area (Å²) in [5, 5.41) is 5.77. The molecule has 1 heterocycles. The van der Waals surface area contributed by atoms with E-state index in [0.29, 0.717) is 0 Å². The van der Waals surface area contributed by atoms with Crippen molar-refractivity contribution in [1.29, 1.82) is 0 Å². The summed E-state index contributed by atoms with van der Waals surface area (Å²) in [5.41, 5.74) is 3.98. The van der Waals surface area contributed by atoms with Gasteiger partial charge in [0.1, 0.15) is 0 Å². The van der Waals surface area contributed by atoms with Crippen LogP contribution in [0, 0.1) is 0 Å². The average molecular weight is 341 g/mol. The van der Waals surface area contributed by atoms with Crippen molar-refractivity contribution in [1.82, 2.24) is 9.88 Å². The number of benzene rings is 2. The summed E-state index contributed by atoms with van der Waals surface area (Å²) in [5.74, 6) is 0. The highest BCUT2D eigenvalue weighted by Gasteiger charge is 2.15. The van der Waals surface area contributed by atoms with Crippen molar-refractivity contribution in [3.63, 3.8) is 0 Å². The Labute approximate surface area is 149 Å². The molecule has 0 amide bonds. The van der Waals surface area contributed by atoms with Crippen LogP contribution in [0.25, 0.3) is 10.9 Å². The van der Waals surface area contributed by atoms with Crippen LogP contribution in [0.5, 0.6) is 0 Å². The normalized spacial score (nSPS) is 12.0. The third-order valence-electron chi connectivity index (χ3n) is 4.75. The Hall–Kier alpha value is -1.77. The van der Waals surface area contributed by atoms with Gasteiger partial charge >= 0.3 is 0 Å². The summed E-state index contributed by atoms with van der Waals surface area (Å²) in [4.78, 5) is 0. The zero-order valence-electron chi connectivity index (χ0n) is 14.6. The van der Waals surface area contributed by atoms with Crippen molar-refractivity contribution < 1.29 is 0 Å². The lowest BCUT2D eigenvalue weighted by molar-refractivity contribution is 0.375. The number of hydrogen-bond donors (Lipinski definition) is 1. The van der Waals surface area contributed by atoms with Crippen molar-refractivity contribution in [3.8, 4) is 0 Å². The molecule has 0 saturated heterocycles. The minimum atomic E-state index is 0.149. The largest absolute Gasteiger partial charge is 0.343 e. The van der Waals surface area contributed by atoms with Crippen molar-refractivity contribution >= 4 is 22.5 Å². The third-order valence-corrected chi connectivity index (χ3v) is 4.99. The summed E-state index contributed by atoms with van der Waals surface area (Å²) in [6.45, 7) is 8.42. The number of aromatic nitrogens is 1. The lowest BCUT2D eigenvalue weighted by Crippen LogP contribution is -2.37. The fraction of sp³-hybridized carbons (Fsp3) is 0.333. The monoisotopic (exact) mass is 340 g/mol. The van der Waals surface area contributed by atoms with Crippen molar-refractivity contribution in [2.75, 3.05) is 0 Å². The molecule has 2 aromatic carbocycles. The number of fused-ring (bicyclic) bond motifs is 1. The van der Waals surface area contributed by atoms with Crippen LogP contribution >= 0.6 is 11.6 Å². The van der Waals surface area contributed by atoms with E-state index in [0.717, 1.165) is 24.5 Å². The lowest BCUT2D eigenvalue weighted by atomic mass is 10.0. The van der Waals surface area contributed by atoms with Gasteiger partial charge in [0.2, 0.25) is 0 Å². The first-order chi connectivity index (χ1) is 11.5. The highest BCUT2D eigenvalue weighted by molar-refractivity contribution is 6.30. The molecule has 1 aromatic heterocycles. The Morgan fingerprint density at radius 1 is 1.08 bits per heavy atom. The van der Waals surface area contributed by atoms with Gasteiger partial charge in [0.05, 0.1) is 0 Å². The van der Waals surface area contributed by atoms with Gasteiger partial charge in [-0.25, -0.2) is 0 Å². The van der Waals surface area contributed by atoms with E-state index in [9.17, 15) is 0 Å². The summed E-state index contributed by atoms with van der Waals surface area (Å²) >= 11 is 6.13. The maximum Gasteiger partial charge on any atom is 0.0486 e. The Morgan fingerprint density at radius 3 is 2.62 bits per heavy atom. The van der Waals surface area contributed by atoms with Gasteiger partial charge in [0, 0.05) is 40.8 Å². The molecule has 24 heavy (non-hydrogen) atoms. The van der Waals surface area contributed by atoms with Gasteiger partial charge < -0.3 is 9.88 Å². The van der Waals surface area contributed by atoms with Crippen LogP contribution in [0.1, 0.15) is 38.3 Å². The van der Waals surface area contributed by atoms with E-state index < -0.39 is 0 Å². The van der Waals surface area contributed by atoms with Gasteiger partial charge in [-0.3, -0.25) is 0 Å². The summed E-state index contributed by atoms with van der Waals surface area (Å²) < 4.78 is 2.32. The standard InChI is InChI=1S/C21H25ClN2/c1-4-21(2,3)23-13-17-15-24(20-11-6-5-10-19(17)20)14-16-8-7-9-18(22)12-16/h5-12,15,23H,4,13-14H2,1-3H3. The van der Waals surface area contributed by atoms with Crippen molar-refractivity contribution in [2.45, 2.75) is 45.8 Å². The van der Waals surface area contributed by atoms with Gasteiger partial charge in [-0.2, -0.15) is 0 Å². The zero-order chi connectivity index (χ0) is 17.2. The van der Waals surface area contributed by atoms with Gasteiger partial charge in [0.25, 0.3) is 0 Å². The van der Waals surface area contributed by atoms with Gasteiger partial charge in [-0.05, 0) is 49.6 Å². The molecule has 0 spiro atoms. The molecule has 2 nitrogen and oxygen atoms in total. The molecule has 3 heteroatoms. The number of rotatable bonds is 6. The highest BCUT2D eigenvalue weighted by atomic mass is 35.5. The smallest absolute Gasteiger partial charge is 0.0486 e. The highest BCUT2D eigenvalue weighted by Crippen LogP contribution is 2.24. The van der Waals surface area contributed by atoms with E-state index in [1.54, 1.807) is 0 Å². The first-order valence-corrected chi connectivity index (χ1v) is 8.92. The maximum atomic E-state index is 6.13. The van der Waals surface area contributed by atoms with E-state index >= 15 is 0 Å². The molecule has 0 unspecified atom stereocenters. The SMILES string of the molecule is CCC(C)(C)NCc1cn(Cc2cccc(Cl)c2)c2ccccc12. The average Bonchev–Trinajstić information content (AvgIpc) is 2.91. The van der Waals surface area contributed by atoms with Crippen LogP contribution in [0.15, 0.2) is 54.7 Å². The van der Waals surface area contributed by atoms with E-state index in [1.165, 1.54) is 22.0 Å². The molecule has 126 valence electrons. The minimum absolute atomic E-state index is 0.149. The molecular formula is C21H25ClN2. The summed E-state index contributed by atoms with van der Waals surface area (Å²) in [6.07, 6.45) is 3.37. The molecule has 3 aromatic rings. The van der Waals surface area contributed by atoms with E-state index in [1.807, 2.05) is 18.2 Å². The molecule has 0 atom stereocenters. The maximum absolute atomic E-state index is 6.13. The minimum Gasteiger partial charge on any atom is -0.343 e. The molecule has 0 aliphatic carbocycles. The number of para-hydroxylation sites is 1. The zero-order valence-corrected chi connectivity index (χ0v) is 15.4. The number of hydrogen-bond acceptors (Lipinski definition) is 1. The molecule has 0 saturated carbocycles. The van der Waals surface area contributed by atoms with E-state index in [4.69, 9.17) is 11.6 Å². The Kier molecular flexibility index (Phi) is 4.98. The van der Waals surface area contributed by atoms with Crippen LogP contribution in [-0.4, -0.2) is 10.1 Å². The van der Waals surface area contributed by atoms with Crippen LogP contribution in [0.3, 0.4) is 0 Å². The molecule has 0 bridgehead atoms. The molecule has 0 radical (unpaired) electrons. The van der Waals surface area contributed by atoms with Crippen LogP contribution < -0.4 is 5.32 Å². The van der Waals surface area contributed by atoms with E-state index in [-0.39, 0.29) is 5.54 Å². The van der Waals surface area contributed by atoms with Gasteiger partial charge in [-0.1, -0.05) is 48.9 Å². The van der Waals surface area contributed by atoms with Crippen molar-refractivity contribution in [2.24, 2.45) is 0 Å². The summed E-state index contributed by atoms with van der Waals surface area (Å²) in [7, 11) is 0. The van der Waals surface area contributed by atoms with E-state index in [2.05, 4.69) is 67.2 Å². The molecule has 3 rings (SSSR count). The third kappa shape index (κ3) is 3.82. The Bertz CT molecular complexity index is 833. The molecule has 0 fully saturated rings. The van der Waals surface area contributed by atoms with Crippen LogP contribution in [0.2, 0.25) is 5.02 Å². The first-order valence-electron chi connectivity index (χ1n) is 8.55.